The second-order valence-corrected chi connectivity index (χ2v) is 8.52. The van der Waals surface area contributed by atoms with Crippen molar-refractivity contribution in [3.05, 3.63) is 39.6 Å². The number of amides is 1. The minimum absolute atomic E-state index is 0.139. The van der Waals surface area contributed by atoms with Gasteiger partial charge in [0.2, 0.25) is 0 Å². The fraction of sp³-hybridized carbons (Fsp3) is 0.579. The summed E-state index contributed by atoms with van der Waals surface area (Å²) in [5, 5.41) is 10.9. The average molecular weight is 359 g/mol. The molecule has 134 valence electrons. The first-order chi connectivity index (χ1) is 12.0. The molecule has 5 nitrogen and oxygen atoms in total. The summed E-state index contributed by atoms with van der Waals surface area (Å²) in [4.78, 5) is 21.2. The van der Waals surface area contributed by atoms with Gasteiger partial charge in [-0.05, 0) is 57.1 Å². The smallest absolute Gasteiger partial charge is 0.263 e. The van der Waals surface area contributed by atoms with E-state index >= 15 is 0 Å². The van der Waals surface area contributed by atoms with Crippen LogP contribution in [0.25, 0.3) is 0 Å². The first-order valence-electron chi connectivity index (χ1n) is 9.15. The number of hydrogen-bond acceptors (Lipinski definition) is 4. The summed E-state index contributed by atoms with van der Waals surface area (Å²) in [6.07, 6.45) is 9.60. The summed E-state index contributed by atoms with van der Waals surface area (Å²) in [5.74, 6) is 1.05. The number of aromatic nitrogens is 2. The van der Waals surface area contributed by atoms with Gasteiger partial charge in [-0.3, -0.25) is 4.79 Å². The molecule has 25 heavy (non-hydrogen) atoms. The van der Waals surface area contributed by atoms with E-state index in [0.29, 0.717) is 32.5 Å². The van der Waals surface area contributed by atoms with Crippen molar-refractivity contribution >= 4 is 17.2 Å². The molecule has 0 spiro atoms. The molecular formula is C19H25N3O2S. The third-order valence-electron chi connectivity index (χ3n) is 5.58. The van der Waals surface area contributed by atoms with Gasteiger partial charge < -0.3 is 14.6 Å². The molecule has 3 heterocycles. The number of carbonyl (C=O) groups is 1. The van der Waals surface area contributed by atoms with Crippen LogP contribution < -0.4 is 0 Å². The number of aryl methyl sites for hydroxylation is 3. The maximum absolute atomic E-state index is 12.8. The van der Waals surface area contributed by atoms with Gasteiger partial charge in [0.05, 0.1) is 17.0 Å². The van der Waals surface area contributed by atoms with E-state index in [-0.39, 0.29) is 5.91 Å². The Morgan fingerprint density at radius 3 is 2.76 bits per heavy atom. The Hall–Kier alpha value is -1.66. The molecule has 0 saturated carbocycles. The molecule has 6 heteroatoms. The monoisotopic (exact) mass is 359 g/mol. The molecule has 0 aromatic carbocycles. The SMILES string of the molecule is Cc1nccn1CC1(O)CCN(C(=O)c2cc3c(s2)CCCC3)CC1. The molecule has 1 amide bonds. The minimum Gasteiger partial charge on any atom is -0.388 e. The van der Waals surface area contributed by atoms with Crippen molar-refractivity contribution in [2.75, 3.05) is 13.1 Å². The number of fused-ring (bicyclic) bond motifs is 1. The second kappa shape index (κ2) is 6.57. The topological polar surface area (TPSA) is 58.4 Å². The normalized spacial score (nSPS) is 19.7. The van der Waals surface area contributed by atoms with Gasteiger partial charge in [-0.2, -0.15) is 0 Å². The number of imidazole rings is 1. The zero-order valence-corrected chi connectivity index (χ0v) is 15.5. The Morgan fingerprint density at radius 1 is 1.32 bits per heavy atom. The number of rotatable bonds is 3. The van der Waals surface area contributed by atoms with Crippen molar-refractivity contribution in [3.63, 3.8) is 0 Å². The molecule has 1 saturated heterocycles. The maximum atomic E-state index is 12.8. The van der Waals surface area contributed by atoms with Crippen LogP contribution in [-0.4, -0.2) is 44.2 Å². The Kier molecular flexibility index (Phi) is 4.41. The van der Waals surface area contributed by atoms with Gasteiger partial charge in [-0.25, -0.2) is 4.98 Å². The number of carbonyl (C=O) groups excluding carboxylic acids is 1. The van der Waals surface area contributed by atoms with Crippen molar-refractivity contribution in [3.8, 4) is 0 Å². The van der Waals surface area contributed by atoms with E-state index in [2.05, 4.69) is 11.1 Å². The lowest BCUT2D eigenvalue weighted by Crippen LogP contribution is -2.48. The van der Waals surface area contributed by atoms with Crippen LogP contribution in [0.3, 0.4) is 0 Å². The molecule has 0 radical (unpaired) electrons. The molecule has 0 unspecified atom stereocenters. The Balaban J connectivity index is 1.40. The van der Waals surface area contributed by atoms with E-state index in [4.69, 9.17) is 0 Å². The molecular weight excluding hydrogens is 334 g/mol. The second-order valence-electron chi connectivity index (χ2n) is 7.39. The molecule has 0 bridgehead atoms. The van der Waals surface area contributed by atoms with Crippen molar-refractivity contribution in [1.29, 1.82) is 0 Å². The summed E-state index contributed by atoms with van der Waals surface area (Å²) in [6.45, 7) is 3.73. The maximum Gasteiger partial charge on any atom is 0.263 e. The molecule has 1 N–H and O–H groups in total. The van der Waals surface area contributed by atoms with Crippen LogP contribution >= 0.6 is 11.3 Å². The van der Waals surface area contributed by atoms with E-state index in [9.17, 15) is 9.90 Å². The van der Waals surface area contributed by atoms with E-state index in [0.717, 1.165) is 23.5 Å². The third-order valence-corrected chi connectivity index (χ3v) is 6.80. The lowest BCUT2D eigenvalue weighted by atomic mass is 9.91. The van der Waals surface area contributed by atoms with Crippen molar-refractivity contribution in [2.24, 2.45) is 0 Å². The van der Waals surface area contributed by atoms with Gasteiger partial charge in [-0.1, -0.05) is 0 Å². The van der Waals surface area contributed by atoms with Crippen LogP contribution in [0.2, 0.25) is 0 Å². The average Bonchev–Trinajstić information content (AvgIpc) is 3.21. The fourth-order valence-electron chi connectivity index (χ4n) is 3.92. The van der Waals surface area contributed by atoms with Crippen LogP contribution in [-0.2, 0) is 19.4 Å². The van der Waals surface area contributed by atoms with Gasteiger partial charge in [-0.15, -0.1) is 11.3 Å². The number of aliphatic hydroxyl groups is 1. The van der Waals surface area contributed by atoms with Gasteiger partial charge in [0, 0.05) is 30.4 Å². The molecule has 0 atom stereocenters. The number of thiophene rings is 1. The van der Waals surface area contributed by atoms with Gasteiger partial charge in [0.1, 0.15) is 5.82 Å². The van der Waals surface area contributed by atoms with Crippen LogP contribution in [0.15, 0.2) is 18.5 Å². The van der Waals surface area contributed by atoms with E-state index in [1.165, 1.54) is 23.3 Å². The number of hydrogen-bond donors (Lipinski definition) is 1. The highest BCUT2D eigenvalue weighted by Crippen LogP contribution is 2.32. The summed E-state index contributed by atoms with van der Waals surface area (Å²) >= 11 is 1.68. The molecule has 1 aliphatic heterocycles. The Labute approximate surface area is 152 Å². The highest BCUT2D eigenvalue weighted by Gasteiger charge is 2.35. The highest BCUT2D eigenvalue weighted by molar-refractivity contribution is 7.14. The molecule has 1 aliphatic carbocycles. The summed E-state index contributed by atoms with van der Waals surface area (Å²) < 4.78 is 1.99. The molecule has 1 fully saturated rings. The fourth-order valence-corrected chi connectivity index (χ4v) is 5.15. The van der Waals surface area contributed by atoms with Gasteiger partial charge >= 0.3 is 0 Å². The number of piperidine rings is 1. The van der Waals surface area contributed by atoms with Crippen LogP contribution in [0.4, 0.5) is 0 Å². The largest absolute Gasteiger partial charge is 0.388 e. The van der Waals surface area contributed by atoms with Gasteiger partial charge in [0.15, 0.2) is 0 Å². The van der Waals surface area contributed by atoms with Gasteiger partial charge in [0.25, 0.3) is 5.91 Å². The van der Waals surface area contributed by atoms with E-state index in [1.54, 1.807) is 17.5 Å². The zero-order valence-electron chi connectivity index (χ0n) is 14.7. The molecule has 2 aromatic rings. The highest BCUT2D eigenvalue weighted by atomic mass is 32.1. The lowest BCUT2D eigenvalue weighted by molar-refractivity contribution is -0.0295. The predicted molar refractivity (Wildman–Crippen MR) is 98.0 cm³/mol. The van der Waals surface area contributed by atoms with Crippen molar-refractivity contribution in [1.82, 2.24) is 14.5 Å². The number of likely N-dealkylation sites (tertiary alicyclic amines) is 1. The predicted octanol–water partition coefficient (Wildman–Crippen LogP) is 2.80. The molecule has 2 aliphatic rings. The Bertz CT molecular complexity index is 748. The third kappa shape index (κ3) is 3.37. The Morgan fingerprint density at radius 2 is 2.08 bits per heavy atom. The van der Waals surface area contributed by atoms with Crippen LogP contribution in [0.5, 0.6) is 0 Å². The molecule has 2 aromatic heterocycles. The van der Waals surface area contributed by atoms with Crippen LogP contribution in [0.1, 0.15) is 51.6 Å². The van der Waals surface area contributed by atoms with Crippen molar-refractivity contribution < 1.29 is 9.90 Å². The summed E-state index contributed by atoms with van der Waals surface area (Å²) in [6, 6.07) is 2.11. The quantitative estimate of drug-likeness (QED) is 0.917. The first-order valence-corrected chi connectivity index (χ1v) is 9.97. The standard InChI is InChI=1S/C19H25N3O2S/c1-14-20-8-11-22(14)13-19(24)6-9-21(10-7-19)18(23)17-12-15-4-2-3-5-16(15)25-17/h8,11-12,24H,2-7,9-10,13H2,1H3. The zero-order chi connectivity index (χ0) is 17.4. The lowest BCUT2D eigenvalue weighted by Gasteiger charge is -2.38. The summed E-state index contributed by atoms with van der Waals surface area (Å²) in [5.41, 5.74) is 0.625. The van der Waals surface area contributed by atoms with Crippen molar-refractivity contribution in [2.45, 2.75) is 57.6 Å². The minimum atomic E-state index is -0.753. The number of nitrogens with zero attached hydrogens (tertiary/aromatic N) is 3. The first kappa shape index (κ1) is 16.8. The van der Waals surface area contributed by atoms with E-state index in [1.807, 2.05) is 22.6 Å². The van der Waals surface area contributed by atoms with E-state index < -0.39 is 5.60 Å². The molecule has 4 rings (SSSR count). The summed E-state index contributed by atoms with van der Waals surface area (Å²) in [7, 11) is 0. The van der Waals surface area contributed by atoms with Crippen LogP contribution in [0, 0.1) is 6.92 Å².